The van der Waals surface area contributed by atoms with Gasteiger partial charge in [-0.3, -0.25) is 0 Å². The molecule has 2 heterocycles. The Balaban J connectivity index is 2.05. The number of rotatable bonds is 4. The lowest BCUT2D eigenvalue weighted by Gasteiger charge is -2.25. The van der Waals surface area contributed by atoms with Crippen molar-refractivity contribution in [1.82, 2.24) is 9.88 Å². The zero-order chi connectivity index (χ0) is 13.1. The van der Waals surface area contributed by atoms with Crippen molar-refractivity contribution < 1.29 is 0 Å². The van der Waals surface area contributed by atoms with Gasteiger partial charge in [0.05, 0.1) is 0 Å². The van der Waals surface area contributed by atoms with Crippen molar-refractivity contribution in [3.05, 3.63) is 23.9 Å². The lowest BCUT2D eigenvalue weighted by Crippen LogP contribution is -2.34. The van der Waals surface area contributed by atoms with E-state index in [1.165, 1.54) is 24.9 Å². The number of anilines is 1. The number of likely N-dealkylation sites (tertiary alicyclic amines) is 1. The SMILES string of the molecule is CC[C@H](C)c1ccc(N(C)C2CCN(C)C2)nc1. The summed E-state index contributed by atoms with van der Waals surface area (Å²) in [7, 11) is 4.35. The van der Waals surface area contributed by atoms with E-state index in [4.69, 9.17) is 0 Å². The zero-order valence-electron chi connectivity index (χ0n) is 12.1. The van der Waals surface area contributed by atoms with Gasteiger partial charge in [-0.15, -0.1) is 0 Å². The molecule has 1 fully saturated rings. The van der Waals surface area contributed by atoms with Crippen LogP contribution in [0.4, 0.5) is 5.82 Å². The predicted molar refractivity (Wildman–Crippen MR) is 77.2 cm³/mol. The highest BCUT2D eigenvalue weighted by atomic mass is 15.3. The van der Waals surface area contributed by atoms with Crippen LogP contribution < -0.4 is 4.90 Å². The molecule has 18 heavy (non-hydrogen) atoms. The van der Waals surface area contributed by atoms with Crippen molar-refractivity contribution in [1.29, 1.82) is 0 Å². The fourth-order valence-corrected chi connectivity index (χ4v) is 2.55. The average Bonchev–Trinajstić information content (AvgIpc) is 2.84. The van der Waals surface area contributed by atoms with Crippen molar-refractivity contribution in [3.63, 3.8) is 0 Å². The Bertz CT molecular complexity index is 374. The minimum absolute atomic E-state index is 0.606. The van der Waals surface area contributed by atoms with E-state index in [0.29, 0.717) is 12.0 Å². The summed E-state index contributed by atoms with van der Waals surface area (Å²) in [5, 5.41) is 0. The summed E-state index contributed by atoms with van der Waals surface area (Å²) in [6.45, 7) is 6.82. The van der Waals surface area contributed by atoms with Crippen LogP contribution >= 0.6 is 0 Å². The van der Waals surface area contributed by atoms with Crippen LogP contribution in [0.1, 0.15) is 38.2 Å². The van der Waals surface area contributed by atoms with Gasteiger partial charge >= 0.3 is 0 Å². The Hall–Kier alpha value is -1.09. The molecule has 0 aromatic carbocycles. The quantitative estimate of drug-likeness (QED) is 0.815. The van der Waals surface area contributed by atoms with E-state index in [-0.39, 0.29) is 0 Å². The molecule has 0 spiro atoms. The summed E-state index contributed by atoms with van der Waals surface area (Å²) in [6, 6.07) is 5.00. The zero-order valence-corrected chi connectivity index (χ0v) is 12.1. The topological polar surface area (TPSA) is 19.4 Å². The minimum atomic E-state index is 0.606. The van der Waals surface area contributed by atoms with Gasteiger partial charge in [0.15, 0.2) is 0 Å². The third kappa shape index (κ3) is 2.83. The molecular weight excluding hydrogens is 222 g/mol. The summed E-state index contributed by atoms with van der Waals surface area (Å²) in [4.78, 5) is 9.33. The second-order valence-electron chi connectivity index (χ2n) is 5.57. The molecule has 0 amide bonds. The molecule has 0 radical (unpaired) electrons. The van der Waals surface area contributed by atoms with Gasteiger partial charge in [0.2, 0.25) is 0 Å². The Kier molecular flexibility index (Phi) is 4.23. The summed E-state index contributed by atoms with van der Waals surface area (Å²) < 4.78 is 0. The van der Waals surface area contributed by atoms with Crippen LogP contribution in [0.25, 0.3) is 0 Å². The maximum atomic E-state index is 4.62. The first-order chi connectivity index (χ1) is 8.61. The first kappa shape index (κ1) is 13.3. The maximum Gasteiger partial charge on any atom is 0.128 e. The minimum Gasteiger partial charge on any atom is -0.355 e. The van der Waals surface area contributed by atoms with Gasteiger partial charge in [0, 0.05) is 25.8 Å². The molecule has 1 aromatic heterocycles. The van der Waals surface area contributed by atoms with E-state index in [9.17, 15) is 0 Å². The number of hydrogen-bond acceptors (Lipinski definition) is 3. The van der Waals surface area contributed by atoms with E-state index in [2.05, 4.69) is 54.9 Å². The average molecular weight is 247 g/mol. The van der Waals surface area contributed by atoms with Crippen molar-refractivity contribution in [2.75, 3.05) is 32.1 Å². The van der Waals surface area contributed by atoms with Gasteiger partial charge < -0.3 is 9.80 Å². The van der Waals surface area contributed by atoms with E-state index in [1.807, 2.05) is 6.20 Å². The highest BCUT2D eigenvalue weighted by Crippen LogP contribution is 2.22. The normalized spacial score (nSPS) is 22.1. The molecule has 1 saturated heterocycles. The predicted octanol–water partition coefficient (Wildman–Crippen LogP) is 2.74. The molecule has 3 heteroatoms. The van der Waals surface area contributed by atoms with Crippen LogP contribution in [0, 0.1) is 0 Å². The van der Waals surface area contributed by atoms with Gasteiger partial charge in [-0.05, 0) is 44.0 Å². The number of hydrogen-bond donors (Lipinski definition) is 0. The summed E-state index contributed by atoms with van der Waals surface area (Å²) in [6.07, 6.45) is 4.45. The van der Waals surface area contributed by atoms with Crippen LogP contribution in [-0.2, 0) is 0 Å². The summed E-state index contributed by atoms with van der Waals surface area (Å²) in [5.74, 6) is 1.71. The Morgan fingerprint density at radius 2 is 2.28 bits per heavy atom. The third-order valence-corrected chi connectivity index (χ3v) is 4.23. The highest BCUT2D eigenvalue weighted by molar-refractivity contribution is 5.40. The highest BCUT2D eigenvalue weighted by Gasteiger charge is 2.23. The number of pyridine rings is 1. The fourth-order valence-electron chi connectivity index (χ4n) is 2.55. The monoisotopic (exact) mass is 247 g/mol. The molecule has 0 aliphatic carbocycles. The molecule has 1 aromatic rings. The molecule has 1 aliphatic rings. The van der Waals surface area contributed by atoms with Gasteiger partial charge in [-0.2, -0.15) is 0 Å². The van der Waals surface area contributed by atoms with Gasteiger partial charge in [0.25, 0.3) is 0 Å². The fraction of sp³-hybridized carbons (Fsp3) is 0.667. The lowest BCUT2D eigenvalue weighted by atomic mass is 10.0. The molecule has 100 valence electrons. The van der Waals surface area contributed by atoms with E-state index in [0.717, 1.165) is 12.4 Å². The molecule has 3 nitrogen and oxygen atoms in total. The summed E-state index contributed by atoms with van der Waals surface area (Å²) in [5.41, 5.74) is 1.35. The van der Waals surface area contributed by atoms with Crippen LogP contribution in [0.3, 0.4) is 0 Å². The molecule has 0 bridgehead atoms. The molecular formula is C15H25N3. The van der Waals surface area contributed by atoms with Crippen molar-refractivity contribution in [2.45, 2.75) is 38.6 Å². The molecule has 1 unspecified atom stereocenters. The largest absolute Gasteiger partial charge is 0.355 e. The van der Waals surface area contributed by atoms with Crippen LogP contribution in [0.5, 0.6) is 0 Å². The molecule has 2 atom stereocenters. The lowest BCUT2D eigenvalue weighted by molar-refractivity contribution is 0.409. The number of aromatic nitrogens is 1. The molecule has 0 N–H and O–H groups in total. The Labute approximate surface area is 111 Å². The van der Waals surface area contributed by atoms with Crippen LogP contribution in [0.2, 0.25) is 0 Å². The van der Waals surface area contributed by atoms with Gasteiger partial charge in [-0.1, -0.05) is 19.9 Å². The van der Waals surface area contributed by atoms with Crippen LogP contribution in [0.15, 0.2) is 18.3 Å². The Morgan fingerprint density at radius 3 is 2.78 bits per heavy atom. The smallest absolute Gasteiger partial charge is 0.128 e. The van der Waals surface area contributed by atoms with E-state index < -0.39 is 0 Å². The standard InChI is InChI=1S/C15H25N3/c1-5-12(2)13-6-7-15(16-10-13)18(4)14-8-9-17(3)11-14/h6-7,10,12,14H,5,8-9,11H2,1-4H3/t12-,14?/m0/s1. The molecule has 2 rings (SSSR count). The molecule has 1 aliphatic heterocycles. The first-order valence-corrected chi connectivity index (χ1v) is 6.99. The van der Waals surface area contributed by atoms with Crippen molar-refractivity contribution in [2.24, 2.45) is 0 Å². The van der Waals surface area contributed by atoms with Gasteiger partial charge in [-0.25, -0.2) is 4.98 Å². The third-order valence-electron chi connectivity index (χ3n) is 4.23. The van der Waals surface area contributed by atoms with Crippen molar-refractivity contribution in [3.8, 4) is 0 Å². The first-order valence-electron chi connectivity index (χ1n) is 6.99. The second-order valence-corrected chi connectivity index (χ2v) is 5.57. The van der Waals surface area contributed by atoms with E-state index in [1.54, 1.807) is 0 Å². The van der Waals surface area contributed by atoms with Crippen molar-refractivity contribution >= 4 is 5.82 Å². The number of nitrogens with zero attached hydrogens (tertiary/aromatic N) is 3. The Morgan fingerprint density at radius 1 is 1.50 bits per heavy atom. The summed E-state index contributed by atoms with van der Waals surface area (Å²) >= 11 is 0. The maximum absolute atomic E-state index is 4.62. The second kappa shape index (κ2) is 5.70. The number of likely N-dealkylation sites (N-methyl/N-ethyl adjacent to an activating group) is 2. The molecule has 0 saturated carbocycles. The van der Waals surface area contributed by atoms with E-state index >= 15 is 0 Å². The van der Waals surface area contributed by atoms with Crippen LogP contribution in [-0.4, -0.2) is 43.1 Å². The van der Waals surface area contributed by atoms with Gasteiger partial charge in [0.1, 0.15) is 5.82 Å².